The second-order valence-electron chi connectivity index (χ2n) is 5.29. The highest BCUT2D eigenvalue weighted by Crippen LogP contribution is 2.39. The van der Waals surface area contributed by atoms with Crippen LogP contribution in [0.3, 0.4) is 0 Å². The lowest BCUT2D eigenvalue weighted by molar-refractivity contribution is -0.131. The van der Waals surface area contributed by atoms with E-state index in [9.17, 15) is 9.59 Å². The molecule has 24 heavy (non-hydrogen) atoms. The average molecular weight is 326 g/mol. The van der Waals surface area contributed by atoms with Crippen LogP contribution in [0.25, 0.3) is 10.8 Å². The number of benzene rings is 2. The van der Waals surface area contributed by atoms with Gasteiger partial charge in [-0.1, -0.05) is 25.3 Å². The Hall–Kier alpha value is -3.08. The molecule has 0 spiro atoms. The van der Waals surface area contributed by atoms with Gasteiger partial charge in [0.05, 0.1) is 7.11 Å². The molecule has 0 unspecified atom stereocenters. The summed E-state index contributed by atoms with van der Waals surface area (Å²) < 4.78 is 16.0. The lowest BCUT2D eigenvalue weighted by Gasteiger charge is -2.14. The molecule has 0 aromatic heterocycles. The molecule has 0 atom stereocenters. The number of esters is 2. The van der Waals surface area contributed by atoms with E-state index in [1.54, 1.807) is 44.2 Å². The first kappa shape index (κ1) is 17.3. The fourth-order valence-electron chi connectivity index (χ4n) is 2.00. The van der Waals surface area contributed by atoms with Crippen LogP contribution in [0, 0.1) is 0 Å². The molecule has 124 valence electrons. The quantitative estimate of drug-likeness (QED) is 0.475. The van der Waals surface area contributed by atoms with Crippen molar-refractivity contribution in [1.82, 2.24) is 0 Å². The summed E-state index contributed by atoms with van der Waals surface area (Å²) in [6, 6.07) is 8.46. The van der Waals surface area contributed by atoms with Gasteiger partial charge < -0.3 is 14.2 Å². The van der Waals surface area contributed by atoms with E-state index in [2.05, 4.69) is 13.2 Å². The Morgan fingerprint density at radius 1 is 0.833 bits per heavy atom. The van der Waals surface area contributed by atoms with Gasteiger partial charge in [-0.05, 0) is 32.0 Å². The Morgan fingerprint density at radius 3 is 2.04 bits per heavy atom. The summed E-state index contributed by atoms with van der Waals surface area (Å²) in [7, 11) is 1.48. The Kier molecular flexibility index (Phi) is 5.04. The van der Waals surface area contributed by atoms with Crippen LogP contribution in [0.2, 0.25) is 0 Å². The summed E-state index contributed by atoms with van der Waals surface area (Å²) in [5, 5.41) is 1.19. The predicted octanol–water partition coefficient (Wildman–Crippen LogP) is 3.81. The van der Waals surface area contributed by atoms with Crippen molar-refractivity contribution in [2.24, 2.45) is 0 Å². The van der Waals surface area contributed by atoms with E-state index >= 15 is 0 Å². The first-order chi connectivity index (χ1) is 11.3. The molecule has 0 N–H and O–H groups in total. The molecule has 0 bridgehead atoms. The zero-order chi connectivity index (χ0) is 17.9. The molecule has 5 heteroatoms. The van der Waals surface area contributed by atoms with Gasteiger partial charge in [0.1, 0.15) is 5.75 Å². The van der Waals surface area contributed by atoms with Crippen molar-refractivity contribution in [3.05, 3.63) is 54.6 Å². The highest BCUT2D eigenvalue weighted by molar-refractivity contribution is 6.00. The largest absolute Gasteiger partial charge is 0.493 e. The van der Waals surface area contributed by atoms with Crippen molar-refractivity contribution >= 4 is 22.7 Å². The Bertz CT molecular complexity index is 848. The van der Waals surface area contributed by atoms with Crippen molar-refractivity contribution in [2.75, 3.05) is 7.11 Å². The molecular formula is C19H18O5. The third kappa shape index (κ3) is 3.46. The normalized spacial score (nSPS) is 10.1. The van der Waals surface area contributed by atoms with Crippen LogP contribution in [0.15, 0.2) is 54.6 Å². The fraction of sp³-hybridized carbons (Fsp3) is 0.158. The number of hydrogen-bond acceptors (Lipinski definition) is 5. The highest BCUT2D eigenvalue weighted by Gasteiger charge is 2.17. The van der Waals surface area contributed by atoms with Gasteiger partial charge in [0.25, 0.3) is 0 Å². The van der Waals surface area contributed by atoms with Gasteiger partial charge in [0.2, 0.25) is 0 Å². The van der Waals surface area contributed by atoms with Crippen molar-refractivity contribution in [2.45, 2.75) is 13.8 Å². The minimum atomic E-state index is -0.565. The van der Waals surface area contributed by atoms with E-state index in [1.807, 2.05) is 0 Å². The molecular weight excluding hydrogens is 308 g/mol. The maximum atomic E-state index is 11.9. The number of hydrogen-bond donors (Lipinski definition) is 0. The Balaban J connectivity index is 2.59. The van der Waals surface area contributed by atoms with E-state index in [4.69, 9.17) is 14.2 Å². The summed E-state index contributed by atoms with van der Waals surface area (Å²) in [5.74, 6) is -0.114. The van der Waals surface area contributed by atoms with E-state index < -0.39 is 11.9 Å². The van der Waals surface area contributed by atoms with Crippen LogP contribution >= 0.6 is 0 Å². The van der Waals surface area contributed by atoms with Crippen molar-refractivity contribution in [1.29, 1.82) is 0 Å². The molecule has 0 fully saturated rings. The van der Waals surface area contributed by atoms with E-state index in [0.717, 1.165) is 0 Å². The summed E-state index contributed by atoms with van der Waals surface area (Å²) in [6.45, 7) is 10.3. The minimum Gasteiger partial charge on any atom is -0.493 e. The SMILES string of the molecule is C=C(C)C(=O)Oc1cccc2c(OC(=O)C(=C)C)c(OC)ccc12. The molecule has 0 radical (unpaired) electrons. The lowest BCUT2D eigenvalue weighted by Crippen LogP contribution is -2.10. The molecule has 5 nitrogen and oxygen atoms in total. The molecule has 2 aromatic carbocycles. The van der Waals surface area contributed by atoms with Crippen molar-refractivity contribution < 1.29 is 23.8 Å². The molecule has 0 heterocycles. The van der Waals surface area contributed by atoms with Gasteiger partial charge >= 0.3 is 11.9 Å². The lowest BCUT2D eigenvalue weighted by atomic mass is 10.1. The number of carbonyl (C=O) groups is 2. The van der Waals surface area contributed by atoms with Crippen LogP contribution in [0.1, 0.15) is 13.8 Å². The van der Waals surface area contributed by atoms with Gasteiger partial charge in [-0.2, -0.15) is 0 Å². The third-order valence-electron chi connectivity index (χ3n) is 3.25. The standard InChI is InChI=1S/C19H18O5/c1-11(2)18(20)23-15-8-6-7-14-13(15)9-10-16(22-5)17(14)24-19(21)12(3)4/h6-10H,1,3H2,2,4-5H3. The minimum absolute atomic E-state index is 0.247. The second kappa shape index (κ2) is 7.00. The highest BCUT2D eigenvalue weighted by atomic mass is 16.6. The number of fused-ring (bicyclic) bond motifs is 1. The van der Waals surface area contributed by atoms with E-state index in [-0.39, 0.29) is 16.9 Å². The zero-order valence-electron chi connectivity index (χ0n) is 13.8. The molecule has 0 saturated carbocycles. The van der Waals surface area contributed by atoms with Crippen LogP contribution in [-0.4, -0.2) is 19.0 Å². The molecule has 2 rings (SSSR count). The average Bonchev–Trinajstić information content (AvgIpc) is 2.55. The van der Waals surface area contributed by atoms with Gasteiger partial charge in [-0.15, -0.1) is 0 Å². The van der Waals surface area contributed by atoms with E-state index in [1.165, 1.54) is 7.11 Å². The fourth-order valence-corrected chi connectivity index (χ4v) is 2.00. The smallest absolute Gasteiger partial charge is 0.338 e. The molecule has 0 aliphatic carbocycles. The molecule has 0 aliphatic heterocycles. The Labute approximate surface area is 140 Å². The van der Waals surface area contributed by atoms with Crippen molar-refractivity contribution in [3.8, 4) is 17.2 Å². The molecule has 2 aromatic rings. The first-order valence-electron chi connectivity index (χ1n) is 7.20. The molecule has 0 aliphatic rings. The molecule has 0 amide bonds. The number of methoxy groups -OCH3 is 1. The summed E-state index contributed by atoms with van der Waals surface area (Å²) in [5.41, 5.74) is 0.549. The predicted molar refractivity (Wildman–Crippen MR) is 91.4 cm³/mol. The van der Waals surface area contributed by atoms with Crippen LogP contribution in [0.5, 0.6) is 17.2 Å². The zero-order valence-corrected chi connectivity index (χ0v) is 13.8. The van der Waals surface area contributed by atoms with E-state index in [0.29, 0.717) is 22.3 Å². The molecule has 0 saturated heterocycles. The third-order valence-corrected chi connectivity index (χ3v) is 3.25. The van der Waals surface area contributed by atoms with Crippen LogP contribution < -0.4 is 14.2 Å². The van der Waals surface area contributed by atoms with Gasteiger partial charge in [0.15, 0.2) is 11.5 Å². The Morgan fingerprint density at radius 2 is 1.46 bits per heavy atom. The van der Waals surface area contributed by atoms with Crippen molar-refractivity contribution in [3.63, 3.8) is 0 Å². The number of ether oxygens (including phenoxy) is 3. The summed E-state index contributed by atoms with van der Waals surface area (Å²) >= 11 is 0. The van der Waals surface area contributed by atoms with Gasteiger partial charge in [-0.3, -0.25) is 0 Å². The maximum Gasteiger partial charge on any atom is 0.338 e. The van der Waals surface area contributed by atoms with Gasteiger partial charge in [0, 0.05) is 21.9 Å². The number of carbonyl (C=O) groups excluding carboxylic acids is 2. The maximum absolute atomic E-state index is 11.9. The topological polar surface area (TPSA) is 61.8 Å². The summed E-state index contributed by atoms with van der Waals surface area (Å²) in [4.78, 5) is 23.7. The monoisotopic (exact) mass is 326 g/mol. The number of rotatable bonds is 5. The van der Waals surface area contributed by atoms with Crippen LogP contribution in [-0.2, 0) is 9.59 Å². The van der Waals surface area contributed by atoms with Crippen LogP contribution in [0.4, 0.5) is 0 Å². The van der Waals surface area contributed by atoms with Gasteiger partial charge in [-0.25, -0.2) is 9.59 Å². The second-order valence-corrected chi connectivity index (χ2v) is 5.29. The first-order valence-corrected chi connectivity index (χ1v) is 7.20. The summed E-state index contributed by atoms with van der Waals surface area (Å²) in [6.07, 6.45) is 0.